The van der Waals surface area contributed by atoms with Crippen molar-refractivity contribution in [3.05, 3.63) is 158 Å². The Kier molecular flexibility index (Phi) is 5.47. The first-order valence-corrected chi connectivity index (χ1v) is 14.8. The maximum atomic E-state index is 4.93. The van der Waals surface area contributed by atoms with Crippen LogP contribution in [0, 0.1) is 0 Å². The minimum absolute atomic E-state index is 0.980. The van der Waals surface area contributed by atoms with Crippen LogP contribution in [0.15, 0.2) is 158 Å². The zero-order valence-electron chi connectivity index (χ0n) is 23.8. The van der Waals surface area contributed by atoms with Crippen LogP contribution in [0.3, 0.4) is 0 Å². The Morgan fingerprint density at radius 2 is 0.818 bits per heavy atom. The third-order valence-corrected chi connectivity index (χ3v) is 8.57. The minimum atomic E-state index is 0.980. The Labute approximate surface area is 254 Å². The van der Waals surface area contributed by atoms with Crippen LogP contribution in [0.4, 0.5) is 0 Å². The van der Waals surface area contributed by atoms with Crippen LogP contribution in [0.25, 0.3) is 77.5 Å². The first-order valence-electron chi connectivity index (χ1n) is 14.8. The Morgan fingerprint density at radius 1 is 0.364 bits per heavy atom. The summed E-state index contributed by atoms with van der Waals surface area (Å²) in [6.07, 6.45) is 3.77. The molecule has 4 aromatic heterocycles. The third-order valence-electron chi connectivity index (χ3n) is 8.57. The van der Waals surface area contributed by atoms with Crippen molar-refractivity contribution in [3.8, 4) is 33.6 Å². The van der Waals surface area contributed by atoms with Crippen molar-refractivity contribution in [3.63, 3.8) is 0 Å². The number of fused-ring (bicyclic) bond motifs is 7. The van der Waals surface area contributed by atoms with Gasteiger partial charge in [-0.25, -0.2) is 0 Å². The van der Waals surface area contributed by atoms with E-state index in [4.69, 9.17) is 9.97 Å². The number of para-hydroxylation sites is 1. The van der Waals surface area contributed by atoms with Crippen molar-refractivity contribution < 1.29 is 0 Å². The van der Waals surface area contributed by atoms with Gasteiger partial charge in [-0.3, -0.25) is 9.97 Å². The van der Waals surface area contributed by atoms with E-state index >= 15 is 0 Å². The molecule has 0 aliphatic carbocycles. The van der Waals surface area contributed by atoms with Crippen LogP contribution in [0.5, 0.6) is 0 Å². The van der Waals surface area contributed by atoms with E-state index in [1.165, 1.54) is 22.3 Å². The molecule has 0 aliphatic heterocycles. The topological polar surface area (TPSA) is 35.6 Å². The molecule has 0 spiro atoms. The molecule has 0 radical (unpaired) electrons. The molecule has 0 N–H and O–H groups in total. The van der Waals surface area contributed by atoms with Gasteiger partial charge in [0.15, 0.2) is 0 Å². The van der Waals surface area contributed by atoms with Gasteiger partial charge in [-0.15, -0.1) is 0 Å². The van der Waals surface area contributed by atoms with E-state index in [0.29, 0.717) is 0 Å². The fourth-order valence-electron chi connectivity index (χ4n) is 6.67. The SMILES string of the molecule is c1ccc(-c2cc(-c3ccccc3)cc(-n3c4cccnc4c4ccc5c6ncccc6n(-c6ccccc6)c5c43)c2)cc1. The second kappa shape index (κ2) is 9.79. The van der Waals surface area contributed by atoms with Crippen LogP contribution < -0.4 is 0 Å². The lowest BCUT2D eigenvalue weighted by Gasteiger charge is -2.15. The summed E-state index contributed by atoms with van der Waals surface area (Å²) < 4.78 is 4.76. The van der Waals surface area contributed by atoms with Crippen LogP contribution in [-0.2, 0) is 0 Å². The van der Waals surface area contributed by atoms with Gasteiger partial charge in [0.05, 0.1) is 33.1 Å². The monoisotopic (exact) mass is 562 g/mol. The molecule has 9 rings (SSSR count). The first-order chi connectivity index (χ1) is 21.8. The van der Waals surface area contributed by atoms with E-state index < -0.39 is 0 Å². The number of rotatable bonds is 4. The lowest BCUT2D eigenvalue weighted by atomic mass is 9.98. The molecule has 0 unspecified atom stereocenters. The number of aromatic nitrogens is 4. The molecule has 4 heterocycles. The predicted molar refractivity (Wildman–Crippen MR) is 182 cm³/mol. The van der Waals surface area contributed by atoms with E-state index in [2.05, 4.69) is 143 Å². The summed E-state index contributed by atoms with van der Waals surface area (Å²) in [5, 5.41) is 2.22. The van der Waals surface area contributed by atoms with Gasteiger partial charge in [-0.05, 0) is 89.0 Å². The van der Waals surface area contributed by atoms with Crippen molar-refractivity contribution >= 4 is 43.9 Å². The van der Waals surface area contributed by atoms with Crippen LogP contribution in [-0.4, -0.2) is 19.1 Å². The summed E-state index contributed by atoms with van der Waals surface area (Å²) in [5.74, 6) is 0. The zero-order chi connectivity index (χ0) is 29.0. The van der Waals surface area contributed by atoms with Gasteiger partial charge in [0.25, 0.3) is 0 Å². The Hall–Kier alpha value is -6.00. The van der Waals surface area contributed by atoms with Gasteiger partial charge in [0.2, 0.25) is 0 Å². The number of hydrogen-bond acceptors (Lipinski definition) is 2. The summed E-state index contributed by atoms with van der Waals surface area (Å²) >= 11 is 0. The van der Waals surface area contributed by atoms with E-state index in [1.54, 1.807) is 0 Å². The first kappa shape index (κ1) is 24.6. The van der Waals surface area contributed by atoms with Crippen molar-refractivity contribution in [1.82, 2.24) is 19.1 Å². The van der Waals surface area contributed by atoms with Crippen molar-refractivity contribution in [2.45, 2.75) is 0 Å². The zero-order valence-corrected chi connectivity index (χ0v) is 23.8. The molecule has 0 saturated carbocycles. The molecule has 0 saturated heterocycles. The third kappa shape index (κ3) is 3.71. The highest BCUT2D eigenvalue weighted by atomic mass is 15.1. The highest BCUT2D eigenvalue weighted by Gasteiger charge is 2.22. The maximum absolute atomic E-state index is 4.93. The molecule has 9 aromatic rings. The second-order valence-electron chi connectivity index (χ2n) is 11.1. The molecule has 4 nitrogen and oxygen atoms in total. The summed E-state index contributed by atoms with van der Waals surface area (Å²) in [5.41, 5.74) is 13.2. The van der Waals surface area contributed by atoms with E-state index in [0.717, 1.165) is 55.2 Å². The van der Waals surface area contributed by atoms with Crippen molar-refractivity contribution in [1.29, 1.82) is 0 Å². The fourth-order valence-corrected chi connectivity index (χ4v) is 6.67. The number of benzene rings is 5. The van der Waals surface area contributed by atoms with Crippen molar-refractivity contribution in [2.75, 3.05) is 0 Å². The highest BCUT2D eigenvalue weighted by molar-refractivity contribution is 6.22. The minimum Gasteiger partial charge on any atom is -0.306 e. The smallest absolute Gasteiger partial charge is 0.0964 e. The van der Waals surface area contributed by atoms with Gasteiger partial charge in [0, 0.05) is 34.5 Å². The molecule has 44 heavy (non-hydrogen) atoms. The number of hydrogen-bond donors (Lipinski definition) is 0. The van der Waals surface area contributed by atoms with Crippen molar-refractivity contribution in [2.24, 2.45) is 0 Å². The van der Waals surface area contributed by atoms with E-state index in [1.807, 2.05) is 24.5 Å². The Morgan fingerprint density at radius 3 is 1.32 bits per heavy atom. The number of pyridine rings is 2. The summed E-state index contributed by atoms with van der Waals surface area (Å²) in [6.45, 7) is 0. The average molecular weight is 563 g/mol. The Bertz CT molecular complexity index is 2420. The number of nitrogens with zero attached hydrogens (tertiary/aromatic N) is 4. The molecule has 0 aliphatic rings. The van der Waals surface area contributed by atoms with Crippen LogP contribution in [0.1, 0.15) is 0 Å². The molecule has 5 aromatic carbocycles. The second-order valence-corrected chi connectivity index (χ2v) is 11.1. The molecule has 0 fully saturated rings. The average Bonchev–Trinajstić information content (AvgIpc) is 3.62. The summed E-state index contributed by atoms with van der Waals surface area (Å²) in [4.78, 5) is 9.81. The van der Waals surface area contributed by atoms with Gasteiger partial charge in [0.1, 0.15) is 0 Å². The fraction of sp³-hybridized carbons (Fsp3) is 0. The van der Waals surface area contributed by atoms with Crippen LogP contribution in [0.2, 0.25) is 0 Å². The molecule has 4 heteroatoms. The molecule has 0 bridgehead atoms. The quantitative estimate of drug-likeness (QED) is 0.214. The van der Waals surface area contributed by atoms with Gasteiger partial charge in [-0.1, -0.05) is 78.9 Å². The van der Waals surface area contributed by atoms with Gasteiger partial charge >= 0.3 is 0 Å². The van der Waals surface area contributed by atoms with E-state index in [-0.39, 0.29) is 0 Å². The lowest BCUT2D eigenvalue weighted by Crippen LogP contribution is -1.99. The molecule has 0 amide bonds. The van der Waals surface area contributed by atoms with E-state index in [9.17, 15) is 0 Å². The maximum Gasteiger partial charge on any atom is 0.0964 e. The van der Waals surface area contributed by atoms with Crippen LogP contribution >= 0.6 is 0 Å². The standard InChI is InChI=1S/C40H26N4/c1-4-12-27(13-5-1)29-24-30(28-14-6-2-7-15-28)26-32(25-29)44-36-19-11-23-42-38(36)34-21-20-33-37-35(18-10-22-41-37)43(39(33)40(34)44)31-16-8-3-9-17-31/h1-26H. The molecule has 0 atom stereocenters. The molecule has 206 valence electrons. The largest absolute Gasteiger partial charge is 0.306 e. The lowest BCUT2D eigenvalue weighted by molar-refractivity contribution is 1.15. The summed E-state index contributed by atoms with van der Waals surface area (Å²) in [6, 6.07) is 51.6. The van der Waals surface area contributed by atoms with Gasteiger partial charge in [-0.2, -0.15) is 0 Å². The van der Waals surface area contributed by atoms with Gasteiger partial charge < -0.3 is 9.13 Å². The predicted octanol–water partition coefficient (Wildman–Crippen LogP) is 10.0. The molecular formula is C40H26N4. The highest BCUT2D eigenvalue weighted by Crippen LogP contribution is 2.41. The summed E-state index contributed by atoms with van der Waals surface area (Å²) in [7, 11) is 0. The molecular weight excluding hydrogens is 536 g/mol. The normalized spacial score (nSPS) is 11.6. The Balaban J connectivity index is 1.48.